The van der Waals surface area contributed by atoms with E-state index in [2.05, 4.69) is 26.8 Å². The van der Waals surface area contributed by atoms with Crippen LogP contribution in [0.4, 0.5) is 0 Å². The topological polar surface area (TPSA) is 57.5 Å². The van der Waals surface area contributed by atoms with Crippen LogP contribution in [-0.2, 0) is 0 Å². The van der Waals surface area contributed by atoms with E-state index in [-0.39, 0.29) is 0 Å². The van der Waals surface area contributed by atoms with Crippen LogP contribution in [0.25, 0.3) is 0 Å². The van der Waals surface area contributed by atoms with Crippen molar-refractivity contribution in [2.24, 2.45) is 0 Å². The fourth-order valence-corrected chi connectivity index (χ4v) is 2.45. The first-order valence-electron chi connectivity index (χ1n) is 7.99. The molecule has 0 heterocycles. The van der Waals surface area contributed by atoms with Gasteiger partial charge in [0.25, 0.3) is 0 Å². The Morgan fingerprint density at radius 2 is 1.57 bits per heavy atom. The van der Waals surface area contributed by atoms with E-state index in [1.807, 2.05) is 18.2 Å². The molecule has 0 saturated heterocycles. The molecule has 120 valence electrons. The molecule has 0 saturated carbocycles. The maximum absolute atomic E-state index is 12.3. The van der Waals surface area contributed by atoms with E-state index in [1.165, 1.54) is 37.7 Å². The van der Waals surface area contributed by atoms with Crippen molar-refractivity contribution >= 4 is 5.78 Å². The van der Waals surface area contributed by atoms with E-state index in [0.717, 1.165) is 12.0 Å². The molecule has 2 N–H and O–H groups in total. The molecule has 0 aliphatic carbocycles. The molecule has 0 amide bonds. The highest BCUT2D eigenvalue weighted by atomic mass is 17.0. The van der Waals surface area contributed by atoms with Crippen molar-refractivity contribution in [1.82, 2.24) is 0 Å². The average Bonchev–Trinajstić information content (AvgIpc) is 2.52. The van der Waals surface area contributed by atoms with Gasteiger partial charge < -0.3 is 0 Å². The molecular weight excluding hydrogens is 264 g/mol. The molecule has 3 heteroatoms. The van der Waals surface area contributed by atoms with Crippen molar-refractivity contribution in [1.29, 1.82) is 0 Å². The summed E-state index contributed by atoms with van der Waals surface area (Å²) in [5.41, 5.74) is 2.13. The smallest absolute Gasteiger partial charge is 0.163 e. The number of rotatable bonds is 9. The van der Waals surface area contributed by atoms with Crippen molar-refractivity contribution in [2.45, 2.75) is 71.6 Å². The standard InChI is InChI=1S/C18H28O.H2O2/c1-4-5-6-7-8-9-14-18(19)17-13-11-10-12-16(17)15(2)3;1-2/h10-13,15H,4-9,14H2,1-3H3;1-2H. The second-order valence-electron chi connectivity index (χ2n) is 5.68. The predicted octanol–water partition coefficient (Wildman–Crippen LogP) is 5.76. The molecule has 1 aromatic rings. The zero-order valence-corrected chi connectivity index (χ0v) is 13.6. The zero-order chi connectivity index (χ0) is 16.1. The Morgan fingerprint density at radius 1 is 1.00 bits per heavy atom. The minimum atomic E-state index is 0.319. The van der Waals surface area contributed by atoms with Gasteiger partial charge in [-0.3, -0.25) is 15.3 Å². The van der Waals surface area contributed by atoms with Crippen LogP contribution in [0.2, 0.25) is 0 Å². The van der Waals surface area contributed by atoms with Gasteiger partial charge in [0.1, 0.15) is 0 Å². The lowest BCUT2D eigenvalue weighted by Gasteiger charge is -2.11. The van der Waals surface area contributed by atoms with Gasteiger partial charge in [-0.05, 0) is 17.9 Å². The van der Waals surface area contributed by atoms with Crippen LogP contribution in [0.5, 0.6) is 0 Å². The number of hydrogen-bond donors (Lipinski definition) is 2. The molecule has 0 spiro atoms. The Kier molecular flexibility index (Phi) is 11.8. The van der Waals surface area contributed by atoms with Gasteiger partial charge >= 0.3 is 0 Å². The minimum Gasteiger partial charge on any atom is -0.294 e. The first kappa shape index (κ1) is 19.8. The van der Waals surface area contributed by atoms with Crippen LogP contribution in [0.15, 0.2) is 24.3 Å². The molecule has 1 rings (SSSR count). The first-order valence-corrected chi connectivity index (χ1v) is 7.99. The number of carbonyl (C=O) groups excluding carboxylic acids is 1. The molecule has 0 atom stereocenters. The maximum atomic E-state index is 12.3. The van der Waals surface area contributed by atoms with Gasteiger partial charge in [-0.25, -0.2) is 0 Å². The van der Waals surface area contributed by atoms with Crippen LogP contribution < -0.4 is 0 Å². The number of unbranched alkanes of at least 4 members (excludes halogenated alkanes) is 5. The number of ketones is 1. The molecule has 0 bridgehead atoms. The summed E-state index contributed by atoms with van der Waals surface area (Å²) < 4.78 is 0. The second kappa shape index (κ2) is 12.5. The normalized spacial score (nSPS) is 10.2. The van der Waals surface area contributed by atoms with Gasteiger partial charge in [0.05, 0.1) is 0 Å². The van der Waals surface area contributed by atoms with Gasteiger partial charge in [0.2, 0.25) is 0 Å². The third kappa shape index (κ3) is 7.98. The Hall–Kier alpha value is -1.19. The molecule has 3 nitrogen and oxygen atoms in total. The van der Waals surface area contributed by atoms with E-state index in [4.69, 9.17) is 10.5 Å². The Bertz CT molecular complexity index is 386. The lowest BCUT2D eigenvalue weighted by Crippen LogP contribution is -2.04. The third-order valence-corrected chi connectivity index (χ3v) is 3.64. The largest absolute Gasteiger partial charge is 0.294 e. The van der Waals surface area contributed by atoms with Gasteiger partial charge in [-0.1, -0.05) is 77.1 Å². The van der Waals surface area contributed by atoms with Gasteiger partial charge in [0.15, 0.2) is 5.78 Å². The van der Waals surface area contributed by atoms with Crippen molar-refractivity contribution in [2.75, 3.05) is 0 Å². The highest BCUT2D eigenvalue weighted by Gasteiger charge is 2.12. The van der Waals surface area contributed by atoms with Gasteiger partial charge in [-0.2, -0.15) is 0 Å². The summed E-state index contributed by atoms with van der Waals surface area (Å²) in [7, 11) is 0. The second-order valence-corrected chi connectivity index (χ2v) is 5.68. The lowest BCUT2D eigenvalue weighted by molar-refractivity contribution is -0.176. The van der Waals surface area contributed by atoms with Crippen molar-refractivity contribution < 1.29 is 15.3 Å². The Labute approximate surface area is 128 Å². The number of carbonyl (C=O) groups is 1. The summed E-state index contributed by atoms with van der Waals surface area (Å²) in [6.07, 6.45) is 8.12. The van der Waals surface area contributed by atoms with Crippen LogP contribution in [0.3, 0.4) is 0 Å². The number of benzene rings is 1. The van der Waals surface area contributed by atoms with E-state index < -0.39 is 0 Å². The molecule has 0 unspecified atom stereocenters. The van der Waals surface area contributed by atoms with Crippen LogP contribution in [0, 0.1) is 0 Å². The average molecular weight is 294 g/mol. The van der Waals surface area contributed by atoms with Gasteiger partial charge in [-0.15, -0.1) is 0 Å². The summed E-state index contributed by atoms with van der Waals surface area (Å²) in [5, 5.41) is 12.0. The minimum absolute atomic E-state index is 0.319. The number of hydrogen-bond acceptors (Lipinski definition) is 3. The summed E-state index contributed by atoms with van der Waals surface area (Å²) in [5.74, 6) is 0.740. The van der Waals surface area contributed by atoms with Crippen molar-refractivity contribution in [3.05, 3.63) is 35.4 Å². The molecule has 0 aliphatic rings. The molecule has 0 aromatic heterocycles. The monoisotopic (exact) mass is 294 g/mol. The summed E-state index contributed by atoms with van der Waals surface area (Å²) in [6.45, 7) is 6.53. The van der Waals surface area contributed by atoms with E-state index in [0.29, 0.717) is 18.1 Å². The molecule has 1 aromatic carbocycles. The Morgan fingerprint density at radius 3 is 2.19 bits per heavy atom. The lowest BCUT2D eigenvalue weighted by atomic mass is 9.93. The molecule has 21 heavy (non-hydrogen) atoms. The van der Waals surface area contributed by atoms with Crippen molar-refractivity contribution in [3.63, 3.8) is 0 Å². The first-order chi connectivity index (χ1) is 10.2. The van der Waals surface area contributed by atoms with Crippen LogP contribution in [0.1, 0.15) is 87.6 Å². The zero-order valence-electron chi connectivity index (χ0n) is 13.6. The third-order valence-electron chi connectivity index (χ3n) is 3.64. The van der Waals surface area contributed by atoms with Crippen molar-refractivity contribution in [3.8, 4) is 0 Å². The fraction of sp³-hybridized carbons (Fsp3) is 0.611. The predicted molar refractivity (Wildman–Crippen MR) is 88.1 cm³/mol. The number of Topliss-reactive ketones (excluding diaryl/α,β-unsaturated/α-hetero) is 1. The highest BCUT2D eigenvalue weighted by Crippen LogP contribution is 2.21. The van der Waals surface area contributed by atoms with Crippen LogP contribution >= 0.6 is 0 Å². The Balaban J connectivity index is 0.00000191. The van der Waals surface area contributed by atoms with E-state index >= 15 is 0 Å². The summed E-state index contributed by atoms with van der Waals surface area (Å²) >= 11 is 0. The van der Waals surface area contributed by atoms with Crippen LogP contribution in [-0.4, -0.2) is 16.3 Å². The summed E-state index contributed by atoms with van der Waals surface area (Å²) in [4.78, 5) is 12.3. The molecule has 0 aliphatic heterocycles. The molecule has 0 fully saturated rings. The van der Waals surface area contributed by atoms with Gasteiger partial charge in [0, 0.05) is 12.0 Å². The SMILES string of the molecule is CCCCCCCCC(=O)c1ccccc1C(C)C.OO. The van der Waals surface area contributed by atoms with E-state index in [9.17, 15) is 4.79 Å². The fourth-order valence-electron chi connectivity index (χ4n) is 2.45. The van der Waals surface area contributed by atoms with E-state index in [1.54, 1.807) is 0 Å². The maximum Gasteiger partial charge on any atom is 0.163 e. The highest BCUT2D eigenvalue weighted by molar-refractivity contribution is 5.97. The molecular formula is C18H30O3. The molecule has 0 radical (unpaired) electrons. The summed E-state index contributed by atoms with van der Waals surface area (Å²) in [6, 6.07) is 8.06. The quantitative estimate of drug-likeness (QED) is 0.263.